The summed E-state index contributed by atoms with van der Waals surface area (Å²) in [6.07, 6.45) is -0.586. The second-order valence-electron chi connectivity index (χ2n) is 7.52. The number of hydrogen-bond donors (Lipinski definition) is 1. The predicted molar refractivity (Wildman–Crippen MR) is 120 cm³/mol. The van der Waals surface area contributed by atoms with Crippen molar-refractivity contribution in [3.8, 4) is 11.5 Å². The van der Waals surface area contributed by atoms with Crippen LogP contribution in [0, 0.1) is 0 Å². The van der Waals surface area contributed by atoms with Crippen LogP contribution < -0.4 is 19.7 Å². The van der Waals surface area contributed by atoms with Gasteiger partial charge in [0.05, 0.1) is 49.8 Å². The molecule has 0 spiro atoms. The van der Waals surface area contributed by atoms with Crippen molar-refractivity contribution < 1.29 is 28.5 Å². The first-order valence-electron chi connectivity index (χ1n) is 11.0. The SMILES string of the molecule is CCOc1cc(N2CCOCC2)c(OCC)cc1NC(=O)CC1OC(=O)c2ccccc21. The summed E-state index contributed by atoms with van der Waals surface area (Å²) in [5.41, 5.74) is 2.68. The van der Waals surface area contributed by atoms with Gasteiger partial charge in [-0.3, -0.25) is 4.79 Å². The summed E-state index contributed by atoms with van der Waals surface area (Å²) >= 11 is 0. The molecule has 0 saturated carbocycles. The number of nitrogens with zero attached hydrogens (tertiary/aromatic N) is 1. The highest BCUT2D eigenvalue weighted by atomic mass is 16.5. The number of benzene rings is 2. The molecule has 170 valence electrons. The molecule has 2 aromatic carbocycles. The van der Waals surface area contributed by atoms with Crippen LogP contribution in [0.15, 0.2) is 36.4 Å². The van der Waals surface area contributed by atoms with E-state index in [-0.39, 0.29) is 12.3 Å². The lowest BCUT2D eigenvalue weighted by molar-refractivity contribution is -0.118. The van der Waals surface area contributed by atoms with E-state index in [1.165, 1.54) is 0 Å². The Bertz CT molecular complexity index is 986. The van der Waals surface area contributed by atoms with Crippen LogP contribution in [0.2, 0.25) is 0 Å². The van der Waals surface area contributed by atoms with E-state index in [4.69, 9.17) is 18.9 Å². The van der Waals surface area contributed by atoms with Crippen LogP contribution in [-0.2, 0) is 14.3 Å². The number of nitrogens with one attached hydrogen (secondary N) is 1. The fourth-order valence-corrected chi connectivity index (χ4v) is 3.99. The fourth-order valence-electron chi connectivity index (χ4n) is 3.99. The minimum Gasteiger partial charge on any atom is -0.492 e. The molecular weight excluding hydrogens is 412 g/mol. The molecule has 1 N–H and O–H groups in total. The number of amides is 1. The molecule has 1 fully saturated rings. The highest BCUT2D eigenvalue weighted by Crippen LogP contribution is 2.40. The maximum Gasteiger partial charge on any atom is 0.339 e. The Morgan fingerprint density at radius 1 is 1.09 bits per heavy atom. The molecule has 0 radical (unpaired) electrons. The van der Waals surface area contributed by atoms with Crippen molar-refractivity contribution in [1.29, 1.82) is 0 Å². The zero-order valence-corrected chi connectivity index (χ0v) is 18.4. The van der Waals surface area contributed by atoms with E-state index in [2.05, 4.69) is 10.2 Å². The average Bonchev–Trinajstić information content (AvgIpc) is 3.11. The van der Waals surface area contributed by atoms with E-state index < -0.39 is 12.1 Å². The van der Waals surface area contributed by atoms with Gasteiger partial charge in [-0.05, 0) is 19.9 Å². The van der Waals surface area contributed by atoms with Crippen molar-refractivity contribution in [3.05, 3.63) is 47.5 Å². The van der Waals surface area contributed by atoms with E-state index in [1.807, 2.05) is 32.0 Å². The summed E-state index contributed by atoms with van der Waals surface area (Å²) in [5.74, 6) is 0.560. The summed E-state index contributed by atoms with van der Waals surface area (Å²) < 4.78 is 22.6. The third kappa shape index (κ3) is 4.65. The number of anilines is 2. The van der Waals surface area contributed by atoms with Gasteiger partial charge in [0.2, 0.25) is 5.91 Å². The van der Waals surface area contributed by atoms with Gasteiger partial charge in [-0.15, -0.1) is 0 Å². The molecule has 0 bridgehead atoms. The number of ether oxygens (including phenoxy) is 4. The quantitative estimate of drug-likeness (QED) is 0.628. The summed E-state index contributed by atoms with van der Waals surface area (Å²) in [7, 11) is 0. The van der Waals surface area contributed by atoms with Crippen LogP contribution in [0.5, 0.6) is 11.5 Å². The third-order valence-corrected chi connectivity index (χ3v) is 5.43. The molecule has 1 atom stereocenters. The van der Waals surface area contributed by atoms with E-state index in [0.717, 1.165) is 24.3 Å². The maximum atomic E-state index is 12.9. The van der Waals surface area contributed by atoms with Gasteiger partial charge in [0, 0.05) is 30.8 Å². The number of cyclic esters (lactones) is 1. The number of carbonyl (C=O) groups excluding carboxylic acids is 2. The van der Waals surface area contributed by atoms with Crippen molar-refractivity contribution in [1.82, 2.24) is 0 Å². The van der Waals surface area contributed by atoms with Gasteiger partial charge in [-0.1, -0.05) is 18.2 Å². The van der Waals surface area contributed by atoms with E-state index in [0.29, 0.717) is 49.2 Å². The topological polar surface area (TPSA) is 86.3 Å². The first-order valence-corrected chi connectivity index (χ1v) is 11.0. The molecular formula is C24H28N2O6. The third-order valence-electron chi connectivity index (χ3n) is 5.43. The molecule has 1 saturated heterocycles. The number of esters is 1. The first kappa shape index (κ1) is 22.0. The molecule has 2 aliphatic heterocycles. The van der Waals surface area contributed by atoms with Gasteiger partial charge in [0.15, 0.2) is 0 Å². The number of carbonyl (C=O) groups is 2. The van der Waals surface area contributed by atoms with Gasteiger partial charge in [-0.25, -0.2) is 4.79 Å². The standard InChI is InChI=1S/C24H28N2O6/c1-3-30-21-14-19(26-9-11-29-12-10-26)22(31-4-2)13-18(21)25-23(27)15-20-16-7-5-6-8-17(16)24(28)32-20/h5-8,13-14,20H,3-4,9-12,15H2,1-2H3,(H,25,27). The molecule has 8 heteroatoms. The smallest absolute Gasteiger partial charge is 0.339 e. The van der Waals surface area contributed by atoms with Crippen molar-refractivity contribution in [3.63, 3.8) is 0 Å². The largest absolute Gasteiger partial charge is 0.492 e. The molecule has 1 amide bonds. The van der Waals surface area contributed by atoms with Gasteiger partial charge in [0.25, 0.3) is 0 Å². The average molecular weight is 440 g/mol. The highest BCUT2D eigenvalue weighted by Gasteiger charge is 2.32. The highest BCUT2D eigenvalue weighted by molar-refractivity contribution is 5.97. The van der Waals surface area contributed by atoms with E-state index >= 15 is 0 Å². The van der Waals surface area contributed by atoms with Gasteiger partial charge >= 0.3 is 5.97 Å². The lowest BCUT2D eigenvalue weighted by atomic mass is 10.0. The zero-order chi connectivity index (χ0) is 22.5. The summed E-state index contributed by atoms with van der Waals surface area (Å²) in [6, 6.07) is 10.8. The Balaban J connectivity index is 1.56. The first-order chi connectivity index (χ1) is 15.6. The van der Waals surface area contributed by atoms with Crippen LogP contribution in [0.3, 0.4) is 0 Å². The van der Waals surface area contributed by atoms with Crippen LogP contribution >= 0.6 is 0 Å². The molecule has 8 nitrogen and oxygen atoms in total. The summed E-state index contributed by atoms with van der Waals surface area (Å²) in [6.45, 7) is 7.56. The molecule has 4 rings (SSSR count). The number of morpholine rings is 1. The summed E-state index contributed by atoms with van der Waals surface area (Å²) in [5, 5.41) is 2.92. The Hall–Kier alpha value is -3.26. The second-order valence-corrected chi connectivity index (χ2v) is 7.52. The van der Waals surface area contributed by atoms with Crippen molar-refractivity contribution in [2.45, 2.75) is 26.4 Å². The normalized spacial score (nSPS) is 17.5. The Kier molecular flexibility index (Phi) is 6.80. The monoisotopic (exact) mass is 440 g/mol. The van der Waals surface area contributed by atoms with Crippen LogP contribution in [-0.4, -0.2) is 51.4 Å². The van der Waals surface area contributed by atoms with Crippen LogP contribution in [0.4, 0.5) is 11.4 Å². The Labute approximate surface area is 187 Å². The molecule has 2 aliphatic rings. The van der Waals surface area contributed by atoms with Crippen molar-refractivity contribution in [2.24, 2.45) is 0 Å². The van der Waals surface area contributed by atoms with E-state index in [1.54, 1.807) is 18.2 Å². The number of fused-ring (bicyclic) bond motifs is 1. The minimum absolute atomic E-state index is 0.0174. The number of hydrogen-bond acceptors (Lipinski definition) is 7. The lowest BCUT2D eigenvalue weighted by Gasteiger charge is -2.31. The van der Waals surface area contributed by atoms with Crippen molar-refractivity contribution in [2.75, 3.05) is 49.7 Å². The molecule has 0 aromatic heterocycles. The summed E-state index contributed by atoms with van der Waals surface area (Å²) in [4.78, 5) is 27.1. The van der Waals surface area contributed by atoms with E-state index in [9.17, 15) is 9.59 Å². The van der Waals surface area contributed by atoms with Gasteiger partial charge < -0.3 is 29.2 Å². The fraction of sp³-hybridized carbons (Fsp3) is 0.417. The molecule has 0 aliphatic carbocycles. The van der Waals surface area contributed by atoms with Gasteiger partial charge in [0.1, 0.15) is 17.6 Å². The maximum absolute atomic E-state index is 12.9. The van der Waals surface area contributed by atoms with Crippen molar-refractivity contribution >= 4 is 23.3 Å². The van der Waals surface area contributed by atoms with Crippen LogP contribution in [0.1, 0.15) is 42.3 Å². The second kappa shape index (κ2) is 9.91. The zero-order valence-electron chi connectivity index (χ0n) is 18.4. The Morgan fingerprint density at radius 3 is 2.56 bits per heavy atom. The van der Waals surface area contributed by atoms with Crippen LogP contribution in [0.25, 0.3) is 0 Å². The molecule has 2 heterocycles. The molecule has 1 unspecified atom stereocenters. The minimum atomic E-state index is -0.603. The molecule has 32 heavy (non-hydrogen) atoms. The van der Waals surface area contributed by atoms with Gasteiger partial charge in [-0.2, -0.15) is 0 Å². The Morgan fingerprint density at radius 2 is 1.81 bits per heavy atom. The number of rotatable bonds is 8. The molecule has 2 aromatic rings. The lowest BCUT2D eigenvalue weighted by Crippen LogP contribution is -2.36. The predicted octanol–water partition coefficient (Wildman–Crippen LogP) is 3.56.